The van der Waals surface area contributed by atoms with Gasteiger partial charge in [-0.15, -0.1) is 0 Å². The van der Waals surface area contributed by atoms with Crippen molar-refractivity contribution in [1.29, 1.82) is 0 Å². The molecular weight excluding hydrogens is 134 g/mol. The van der Waals surface area contributed by atoms with Gasteiger partial charge in [-0.1, -0.05) is 34.6 Å². The van der Waals surface area contributed by atoms with Crippen molar-refractivity contribution in [2.75, 3.05) is 13.1 Å². The van der Waals surface area contributed by atoms with Crippen LogP contribution in [0.3, 0.4) is 0 Å². The Morgan fingerprint density at radius 1 is 1.27 bits per heavy atom. The van der Waals surface area contributed by atoms with Crippen LogP contribution in [0.15, 0.2) is 0 Å². The minimum Gasteiger partial charge on any atom is -0.316 e. The maximum atomic E-state index is 3.47. The van der Waals surface area contributed by atoms with Gasteiger partial charge in [0, 0.05) is 6.54 Å². The van der Waals surface area contributed by atoms with Gasteiger partial charge in [0.2, 0.25) is 0 Å². The number of hydrogen-bond donors (Lipinski definition) is 1. The van der Waals surface area contributed by atoms with Crippen molar-refractivity contribution in [3.63, 3.8) is 0 Å². The number of nitrogens with one attached hydrogen (secondary N) is 1. The van der Waals surface area contributed by atoms with E-state index in [1.54, 1.807) is 0 Å². The summed E-state index contributed by atoms with van der Waals surface area (Å²) in [5.74, 6) is 0.815. The minimum atomic E-state index is 0.451. The third-order valence-electron chi connectivity index (χ3n) is 2.92. The maximum Gasteiger partial charge on any atom is 0.000597 e. The summed E-state index contributed by atoms with van der Waals surface area (Å²) in [7, 11) is 0. The van der Waals surface area contributed by atoms with Crippen LogP contribution in [0.25, 0.3) is 0 Å². The van der Waals surface area contributed by atoms with Crippen molar-refractivity contribution >= 4 is 0 Å². The predicted molar refractivity (Wildman–Crippen MR) is 49.6 cm³/mol. The van der Waals surface area contributed by atoms with E-state index in [9.17, 15) is 0 Å². The van der Waals surface area contributed by atoms with E-state index >= 15 is 0 Å². The number of hydrogen-bond acceptors (Lipinski definition) is 1. The molecule has 0 aromatic carbocycles. The van der Waals surface area contributed by atoms with E-state index in [0.29, 0.717) is 10.8 Å². The molecule has 0 unspecified atom stereocenters. The van der Waals surface area contributed by atoms with Crippen LogP contribution in [-0.2, 0) is 0 Å². The highest BCUT2D eigenvalue weighted by Crippen LogP contribution is 2.42. The Hall–Kier alpha value is -0.0400. The lowest BCUT2D eigenvalue weighted by Gasteiger charge is -2.36. The minimum absolute atomic E-state index is 0.451. The molecule has 0 aromatic heterocycles. The molecule has 0 aromatic rings. The Labute approximate surface area is 70.6 Å². The van der Waals surface area contributed by atoms with Gasteiger partial charge in [-0.3, -0.25) is 0 Å². The van der Waals surface area contributed by atoms with Crippen LogP contribution in [0.1, 0.15) is 34.6 Å². The smallest absolute Gasteiger partial charge is 0.000597 e. The summed E-state index contributed by atoms with van der Waals surface area (Å²) in [6.45, 7) is 14.1. The van der Waals surface area contributed by atoms with E-state index in [4.69, 9.17) is 0 Å². The van der Waals surface area contributed by atoms with E-state index in [1.165, 1.54) is 13.1 Å². The highest BCUT2D eigenvalue weighted by atomic mass is 14.9. The highest BCUT2D eigenvalue weighted by Gasteiger charge is 2.41. The lowest BCUT2D eigenvalue weighted by atomic mass is 9.68. The fourth-order valence-electron chi connectivity index (χ4n) is 2.42. The summed E-state index contributed by atoms with van der Waals surface area (Å²) >= 11 is 0. The molecule has 66 valence electrons. The zero-order valence-electron chi connectivity index (χ0n) is 8.49. The van der Waals surface area contributed by atoms with Crippen LogP contribution in [0, 0.1) is 16.7 Å². The van der Waals surface area contributed by atoms with Gasteiger partial charge in [-0.2, -0.15) is 0 Å². The molecule has 11 heavy (non-hydrogen) atoms. The van der Waals surface area contributed by atoms with Crippen LogP contribution in [0.4, 0.5) is 0 Å². The fourth-order valence-corrected chi connectivity index (χ4v) is 2.42. The third kappa shape index (κ3) is 1.76. The molecule has 1 fully saturated rings. The average molecular weight is 155 g/mol. The van der Waals surface area contributed by atoms with E-state index in [2.05, 4.69) is 39.9 Å². The van der Waals surface area contributed by atoms with Gasteiger partial charge in [0.05, 0.1) is 0 Å². The molecule has 0 radical (unpaired) electrons. The zero-order valence-corrected chi connectivity index (χ0v) is 8.49. The van der Waals surface area contributed by atoms with E-state index in [0.717, 1.165) is 5.92 Å². The third-order valence-corrected chi connectivity index (χ3v) is 2.92. The van der Waals surface area contributed by atoms with Gasteiger partial charge in [-0.25, -0.2) is 0 Å². The van der Waals surface area contributed by atoms with Crippen molar-refractivity contribution in [3.8, 4) is 0 Å². The Kier molecular flexibility index (Phi) is 2.04. The van der Waals surface area contributed by atoms with Crippen molar-refractivity contribution in [2.24, 2.45) is 16.7 Å². The van der Waals surface area contributed by atoms with Gasteiger partial charge < -0.3 is 5.32 Å². The molecular formula is C10H21N. The molecule has 1 rings (SSSR count). The van der Waals surface area contributed by atoms with Gasteiger partial charge in [0.25, 0.3) is 0 Å². The first-order valence-electron chi connectivity index (χ1n) is 4.55. The van der Waals surface area contributed by atoms with E-state index < -0.39 is 0 Å². The van der Waals surface area contributed by atoms with Crippen molar-refractivity contribution < 1.29 is 0 Å². The zero-order chi connectivity index (χ0) is 8.70. The highest BCUT2D eigenvalue weighted by molar-refractivity contribution is 4.94. The van der Waals surface area contributed by atoms with Crippen LogP contribution >= 0.6 is 0 Å². The Bertz CT molecular complexity index is 141. The summed E-state index contributed by atoms with van der Waals surface area (Å²) < 4.78 is 0. The molecule has 1 nitrogen and oxygen atoms in total. The lowest BCUT2D eigenvalue weighted by Crippen LogP contribution is -2.33. The quantitative estimate of drug-likeness (QED) is 0.566. The maximum absolute atomic E-state index is 3.47. The van der Waals surface area contributed by atoms with Crippen LogP contribution in [0.2, 0.25) is 0 Å². The van der Waals surface area contributed by atoms with Gasteiger partial charge in [0.1, 0.15) is 0 Å². The summed E-state index contributed by atoms with van der Waals surface area (Å²) in [6, 6.07) is 0. The van der Waals surface area contributed by atoms with Crippen molar-refractivity contribution in [3.05, 3.63) is 0 Å². The first-order chi connectivity index (χ1) is 4.84. The van der Waals surface area contributed by atoms with Crippen LogP contribution in [-0.4, -0.2) is 13.1 Å². The van der Waals surface area contributed by atoms with Crippen LogP contribution in [0.5, 0.6) is 0 Å². The van der Waals surface area contributed by atoms with Crippen molar-refractivity contribution in [1.82, 2.24) is 5.32 Å². The fraction of sp³-hybridized carbons (Fsp3) is 1.00. The Morgan fingerprint density at radius 3 is 2.00 bits per heavy atom. The Morgan fingerprint density at radius 2 is 1.82 bits per heavy atom. The van der Waals surface area contributed by atoms with Gasteiger partial charge in [0.15, 0.2) is 0 Å². The molecule has 1 saturated heterocycles. The summed E-state index contributed by atoms with van der Waals surface area (Å²) in [6.07, 6.45) is 0. The molecule has 1 aliphatic heterocycles. The normalized spacial score (nSPS) is 30.8. The molecule has 0 amide bonds. The molecule has 1 N–H and O–H groups in total. The monoisotopic (exact) mass is 155 g/mol. The lowest BCUT2D eigenvalue weighted by molar-refractivity contribution is 0.140. The molecule has 1 heteroatoms. The van der Waals surface area contributed by atoms with Crippen LogP contribution < -0.4 is 5.32 Å². The average Bonchev–Trinajstić information content (AvgIpc) is 2.06. The largest absolute Gasteiger partial charge is 0.316 e. The molecule has 0 saturated carbocycles. The second-order valence-corrected chi connectivity index (χ2v) is 5.54. The number of rotatable bonds is 0. The SMILES string of the molecule is CC(C)(C)[C@@H]1CNCC1(C)C. The van der Waals surface area contributed by atoms with E-state index in [1.807, 2.05) is 0 Å². The molecule has 0 spiro atoms. The Balaban J connectivity index is 2.73. The first kappa shape index (κ1) is 9.05. The van der Waals surface area contributed by atoms with Gasteiger partial charge in [-0.05, 0) is 23.3 Å². The summed E-state index contributed by atoms with van der Waals surface area (Å²) in [5, 5.41) is 3.47. The molecule has 1 heterocycles. The summed E-state index contributed by atoms with van der Waals surface area (Å²) in [5.41, 5.74) is 0.936. The predicted octanol–water partition coefficient (Wildman–Crippen LogP) is 2.28. The van der Waals surface area contributed by atoms with E-state index in [-0.39, 0.29) is 0 Å². The summed E-state index contributed by atoms with van der Waals surface area (Å²) in [4.78, 5) is 0. The topological polar surface area (TPSA) is 12.0 Å². The molecule has 1 atom stereocenters. The molecule has 0 aliphatic carbocycles. The molecule has 0 bridgehead atoms. The first-order valence-corrected chi connectivity index (χ1v) is 4.55. The standard InChI is InChI=1S/C10H21N/c1-9(2,3)8-6-11-7-10(8,4)5/h8,11H,6-7H2,1-5H3/t8-/m0/s1. The van der Waals surface area contributed by atoms with Gasteiger partial charge >= 0.3 is 0 Å². The molecule has 1 aliphatic rings. The van der Waals surface area contributed by atoms with Crippen molar-refractivity contribution in [2.45, 2.75) is 34.6 Å². The second-order valence-electron chi connectivity index (χ2n) is 5.54. The second kappa shape index (κ2) is 2.48.